The molecule has 0 aromatic heterocycles. The summed E-state index contributed by atoms with van der Waals surface area (Å²) in [6.07, 6.45) is 6.77. The zero-order valence-electron chi connectivity index (χ0n) is 15.9. The SMILES string of the molecule is COc1cccc(CC2(C(=O)N(C)C3CCNC3)CC3CCC2C3)c1.Cl. The van der Waals surface area contributed by atoms with Crippen molar-refractivity contribution in [1.82, 2.24) is 10.2 Å². The molecule has 1 aromatic carbocycles. The van der Waals surface area contributed by atoms with Crippen molar-refractivity contribution in [3.05, 3.63) is 29.8 Å². The third kappa shape index (κ3) is 3.34. The van der Waals surface area contributed by atoms with Crippen LogP contribution in [0.2, 0.25) is 0 Å². The molecule has 2 aliphatic carbocycles. The fraction of sp³-hybridized carbons (Fsp3) is 0.667. The van der Waals surface area contributed by atoms with Crippen molar-refractivity contribution < 1.29 is 9.53 Å². The molecule has 0 radical (unpaired) electrons. The molecule has 26 heavy (non-hydrogen) atoms. The van der Waals surface area contributed by atoms with E-state index < -0.39 is 0 Å². The highest BCUT2D eigenvalue weighted by molar-refractivity contribution is 5.85. The summed E-state index contributed by atoms with van der Waals surface area (Å²) in [6.45, 7) is 1.96. The number of nitrogens with zero attached hydrogens (tertiary/aromatic N) is 1. The lowest BCUT2D eigenvalue weighted by atomic mass is 9.68. The Morgan fingerprint density at radius 3 is 2.81 bits per heavy atom. The summed E-state index contributed by atoms with van der Waals surface area (Å²) < 4.78 is 5.40. The number of carbonyl (C=O) groups is 1. The van der Waals surface area contributed by atoms with Gasteiger partial charge in [-0.3, -0.25) is 4.79 Å². The maximum atomic E-state index is 13.7. The van der Waals surface area contributed by atoms with E-state index in [-0.39, 0.29) is 17.8 Å². The van der Waals surface area contributed by atoms with Crippen LogP contribution in [0.3, 0.4) is 0 Å². The van der Waals surface area contributed by atoms with Crippen LogP contribution in [0.1, 0.15) is 37.7 Å². The van der Waals surface area contributed by atoms with Crippen LogP contribution < -0.4 is 10.1 Å². The van der Waals surface area contributed by atoms with Crippen LogP contribution >= 0.6 is 12.4 Å². The summed E-state index contributed by atoms with van der Waals surface area (Å²) >= 11 is 0. The molecule has 5 heteroatoms. The molecule has 1 aromatic rings. The van der Waals surface area contributed by atoms with Gasteiger partial charge in [-0.2, -0.15) is 0 Å². The minimum atomic E-state index is -0.202. The number of halogens is 1. The normalized spacial score (nSPS) is 32.3. The minimum absolute atomic E-state index is 0. The number of fused-ring (bicyclic) bond motifs is 2. The van der Waals surface area contributed by atoms with Gasteiger partial charge in [0.2, 0.25) is 5.91 Å². The summed E-state index contributed by atoms with van der Waals surface area (Å²) in [5.74, 6) is 2.57. The number of nitrogens with one attached hydrogen (secondary N) is 1. The fourth-order valence-electron chi connectivity index (χ4n) is 5.63. The average Bonchev–Trinajstić information content (AvgIpc) is 3.38. The van der Waals surface area contributed by atoms with Gasteiger partial charge in [-0.1, -0.05) is 18.6 Å². The second-order valence-electron chi connectivity index (χ2n) is 8.33. The van der Waals surface area contributed by atoms with E-state index in [0.29, 0.717) is 17.9 Å². The highest BCUT2D eigenvalue weighted by Crippen LogP contribution is 2.58. The molecule has 1 N–H and O–H groups in total. The van der Waals surface area contributed by atoms with E-state index in [1.807, 2.05) is 19.2 Å². The second-order valence-corrected chi connectivity index (χ2v) is 8.33. The van der Waals surface area contributed by atoms with Crippen molar-refractivity contribution in [2.75, 3.05) is 27.2 Å². The maximum Gasteiger partial charge on any atom is 0.229 e. The van der Waals surface area contributed by atoms with Gasteiger partial charge in [0.05, 0.1) is 12.5 Å². The van der Waals surface area contributed by atoms with Crippen LogP contribution in [-0.4, -0.2) is 44.1 Å². The summed E-state index contributed by atoms with van der Waals surface area (Å²) in [5.41, 5.74) is 1.03. The predicted octanol–water partition coefficient (Wildman–Crippen LogP) is 3.29. The van der Waals surface area contributed by atoms with Gasteiger partial charge >= 0.3 is 0 Å². The number of amides is 1. The molecule has 2 saturated carbocycles. The third-order valence-corrected chi connectivity index (χ3v) is 6.96. The molecule has 3 aliphatic rings. The van der Waals surface area contributed by atoms with Gasteiger partial charge in [-0.25, -0.2) is 0 Å². The Morgan fingerprint density at radius 2 is 2.19 bits per heavy atom. The zero-order chi connectivity index (χ0) is 17.4. The summed E-state index contributed by atoms with van der Waals surface area (Å²) in [5, 5.41) is 3.40. The van der Waals surface area contributed by atoms with Crippen molar-refractivity contribution in [3.8, 4) is 5.75 Å². The quantitative estimate of drug-likeness (QED) is 0.854. The van der Waals surface area contributed by atoms with Crippen molar-refractivity contribution in [2.24, 2.45) is 17.3 Å². The monoisotopic (exact) mass is 378 g/mol. The number of likely N-dealkylation sites (N-methyl/N-ethyl adjacent to an activating group) is 1. The van der Waals surface area contributed by atoms with E-state index in [1.54, 1.807) is 7.11 Å². The molecule has 1 aliphatic heterocycles. The predicted molar refractivity (Wildman–Crippen MR) is 106 cm³/mol. The van der Waals surface area contributed by atoms with E-state index in [2.05, 4.69) is 22.3 Å². The van der Waals surface area contributed by atoms with Crippen molar-refractivity contribution in [2.45, 2.75) is 44.6 Å². The Morgan fingerprint density at radius 1 is 1.35 bits per heavy atom. The fourth-order valence-corrected chi connectivity index (χ4v) is 5.63. The van der Waals surface area contributed by atoms with Gasteiger partial charge in [0.1, 0.15) is 5.75 Å². The van der Waals surface area contributed by atoms with Gasteiger partial charge in [0.15, 0.2) is 0 Å². The molecule has 4 unspecified atom stereocenters. The van der Waals surface area contributed by atoms with E-state index in [4.69, 9.17) is 4.74 Å². The number of carbonyl (C=O) groups excluding carboxylic acids is 1. The van der Waals surface area contributed by atoms with Crippen LogP contribution in [0, 0.1) is 17.3 Å². The average molecular weight is 379 g/mol. The molecule has 2 bridgehead atoms. The maximum absolute atomic E-state index is 13.7. The van der Waals surface area contributed by atoms with Crippen molar-refractivity contribution in [1.29, 1.82) is 0 Å². The first kappa shape index (κ1) is 19.5. The molecule has 1 heterocycles. The number of hydrogen-bond acceptors (Lipinski definition) is 3. The highest BCUT2D eigenvalue weighted by atomic mass is 35.5. The van der Waals surface area contributed by atoms with Crippen LogP contribution in [0.15, 0.2) is 24.3 Å². The van der Waals surface area contributed by atoms with Gasteiger partial charge in [-0.15, -0.1) is 12.4 Å². The molecule has 4 nitrogen and oxygen atoms in total. The standard InChI is InChI=1S/C21H30N2O2.ClH/c1-23(18-8-9-22-14-18)20(24)21(13-16-6-7-17(21)10-16)12-15-4-3-5-19(11-15)25-2;/h3-5,11,16-18,22H,6-10,12-14H2,1-2H3;1H. The number of rotatable bonds is 5. The molecule has 3 fully saturated rings. The molecule has 1 amide bonds. The summed E-state index contributed by atoms with van der Waals surface area (Å²) in [6, 6.07) is 8.65. The van der Waals surface area contributed by atoms with E-state index in [0.717, 1.165) is 44.0 Å². The van der Waals surface area contributed by atoms with Crippen LogP contribution in [-0.2, 0) is 11.2 Å². The lowest BCUT2D eigenvalue weighted by Crippen LogP contribution is -2.50. The molecule has 4 rings (SSSR count). The summed E-state index contributed by atoms with van der Waals surface area (Å²) in [4.78, 5) is 15.7. The van der Waals surface area contributed by atoms with Crippen LogP contribution in [0.4, 0.5) is 0 Å². The molecule has 144 valence electrons. The Kier molecular flexibility index (Phi) is 5.83. The van der Waals surface area contributed by atoms with E-state index in [9.17, 15) is 4.79 Å². The molecule has 0 spiro atoms. The lowest BCUT2D eigenvalue weighted by Gasteiger charge is -2.41. The molecular formula is C21H31ClN2O2. The number of methoxy groups -OCH3 is 1. The molecule has 4 atom stereocenters. The smallest absolute Gasteiger partial charge is 0.229 e. The van der Waals surface area contributed by atoms with E-state index in [1.165, 1.54) is 24.8 Å². The largest absolute Gasteiger partial charge is 0.497 e. The number of ether oxygens (including phenoxy) is 1. The Balaban J connectivity index is 0.00000196. The first-order chi connectivity index (χ1) is 12.1. The topological polar surface area (TPSA) is 41.6 Å². The Labute approximate surface area is 163 Å². The van der Waals surface area contributed by atoms with Crippen LogP contribution in [0.25, 0.3) is 0 Å². The van der Waals surface area contributed by atoms with Crippen molar-refractivity contribution in [3.63, 3.8) is 0 Å². The first-order valence-electron chi connectivity index (χ1n) is 9.73. The Hall–Kier alpha value is -1.26. The second kappa shape index (κ2) is 7.77. The Bertz CT molecular complexity index is 647. The minimum Gasteiger partial charge on any atom is -0.497 e. The van der Waals surface area contributed by atoms with Crippen LogP contribution in [0.5, 0.6) is 5.75 Å². The number of hydrogen-bond donors (Lipinski definition) is 1. The van der Waals surface area contributed by atoms with Gasteiger partial charge in [0.25, 0.3) is 0 Å². The van der Waals surface area contributed by atoms with Gasteiger partial charge in [-0.05, 0) is 68.2 Å². The number of benzene rings is 1. The first-order valence-corrected chi connectivity index (χ1v) is 9.73. The van der Waals surface area contributed by atoms with E-state index >= 15 is 0 Å². The lowest BCUT2D eigenvalue weighted by molar-refractivity contribution is -0.146. The van der Waals surface area contributed by atoms with Gasteiger partial charge in [0, 0.05) is 19.6 Å². The van der Waals surface area contributed by atoms with Gasteiger partial charge < -0.3 is 15.0 Å². The summed E-state index contributed by atoms with van der Waals surface area (Å²) in [7, 11) is 3.73. The zero-order valence-corrected chi connectivity index (χ0v) is 16.7. The molecule has 1 saturated heterocycles. The third-order valence-electron chi connectivity index (χ3n) is 6.96. The van der Waals surface area contributed by atoms with Crippen molar-refractivity contribution >= 4 is 18.3 Å². The highest BCUT2D eigenvalue weighted by Gasteiger charge is 2.56. The molecular weight excluding hydrogens is 348 g/mol.